The SMILES string of the molecule is COc1cccc2cc(-c3nn(-c4ccccc4)cc3/C=C(/C#N)C(=O)Nc3ccc(C)cc3)oc12. The molecule has 0 bridgehead atoms. The number of hydrogen-bond acceptors (Lipinski definition) is 5. The van der Waals surface area contributed by atoms with Crippen molar-refractivity contribution in [3.05, 3.63) is 102 Å². The third-order valence-electron chi connectivity index (χ3n) is 5.70. The Morgan fingerprint density at radius 1 is 1.08 bits per heavy atom. The smallest absolute Gasteiger partial charge is 0.266 e. The highest BCUT2D eigenvalue weighted by atomic mass is 16.5. The molecule has 0 fully saturated rings. The molecular formula is C29H22N4O3. The lowest BCUT2D eigenvalue weighted by molar-refractivity contribution is -0.112. The summed E-state index contributed by atoms with van der Waals surface area (Å²) in [6.07, 6.45) is 3.29. The highest BCUT2D eigenvalue weighted by Gasteiger charge is 2.19. The summed E-state index contributed by atoms with van der Waals surface area (Å²) in [4.78, 5) is 12.9. The molecule has 36 heavy (non-hydrogen) atoms. The first kappa shape index (κ1) is 22.7. The van der Waals surface area contributed by atoms with E-state index in [0.717, 1.165) is 16.6 Å². The maximum Gasteiger partial charge on any atom is 0.266 e. The summed E-state index contributed by atoms with van der Waals surface area (Å²) in [6, 6.07) is 26.5. The van der Waals surface area contributed by atoms with E-state index in [4.69, 9.17) is 14.3 Å². The van der Waals surface area contributed by atoms with Gasteiger partial charge < -0.3 is 14.5 Å². The van der Waals surface area contributed by atoms with Crippen molar-refractivity contribution in [1.29, 1.82) is 5.26 Å². The lowest BCUT2D eigenvalue weighted by Crippen LogP contribution is -2.13. The predicted molar refractivity (Wildman–Crippen MR) is 139 cm³/mol. The first-order valence-electron chi connectivity index (χ1n) is 11.3. The average molecular weight is 475 g/mol. The van der Waals surface area contributed by atoms with Crippen molar-refractivity contribution in [1.82, 2.24) is 9.78 Å². The topological polar surface area (TPSA) is 93.1 Å². The van der Waals surface area contributed by atoms with Crippen molar-refractivity contribution in [3.63, 3.8) is 0 Å². The van der Waals surface area contributed by atoms with E-state index in [9.17, 15) is 10.1 Å². The van der Waals surface area contributed by atoms with E-state index in [1.807, 2.05) is 79.7 Å². The summed E-state index contributed by atoms with van der Waals surface area (Å²) in [5.41, 5.74) is 4.10. The first-order valence-corrected chi connectivity index (χ1v) is 11.3. The molecule has 5 aromatic rings. The zero-order chi connectivity index (χ0) is 25.1. The number of carbonyl (C=O) groups excluding carboxylic acids is 1. The van der Waals surface area contributed by atoms with Crippen LogP contribution in [-0.4, -0.2) is 22.8 Å². The van der Waals surface area contributed by atoms with Gasteiger partial charge in [0.1, 0.15) is 17.3 Å². The lowest BCUT2D eigenvalue weighted by atomic mass is 10.1. The van der Waals surface area contributed by atoms with Crippen LogP contribution in [0.25, 0.3) is 34.2 Å². The van der Waals surface area contributed by atoms with Gasteiger partial charge in [-0.1, -0.05) is 48.0 Å². The number of hydrogen-bond donors (Lipinski definition) is 1. The molecule has 0 saturated heterocycles. The molecule has 2 aromatic heterocycles. The van der Waals surface area contributed by atoms with E-state index in [0.29, 0.717) is 34.0 Å². The number of benzene rings is 3. The van der Waals surface area contributed by atoms with Crippen LogP contribution < -0.4 is 10.1 Å². The highest BCUT2D eigenvalue weighted by Crippen LogP contribution is 2.35. The minimum absolute atomic E-state index is 0.0573. The summed E-state index contributed by atoms with van der Waals surface area (Å²) in [5.74, 6) is 0.589. The molecule has 1 amide bonds. The van der Waals surface area contributed by atoms with Crippen LogP contribution >= 0.6 is 0 Å². The first-order chi connectivity index (χ1) is 17.6. The Kier molecular flexibility index (Phi) is 6.08. The Bertz CT molecular complexity index is 1620. The molecule has 0 aliphatic carbocycles. The number of ether oxygens (including phenoxy) is 1. The molecule has 0 aliphatic heterocycles. The molecule has 2 heterocycles. The highest BCUT2D eigenvalue weighted by molar-refractivity contribution is 6.10. The fourth-order valence-electron chi connectivity index (χ4n) is 3.85. The van der Waals surface area contributed by atoms with Crippen molar-refractivity contribution in [2.24, 2.45) is 0 Å². The third-order valence-corrected chi connectivity index (χ3v) is 5.70. The monoisotopic (exact) mass is 474 g/mol. The lowest BCUT2D eigenvalue weighted by Gasteiger charge is -2.04. The number of furan rings is 1. The molecule has 0 aliphatic rings. The zero-order valence-electron chi connectivity index (χ0n) is 19.7. The van der Waals surface area contributed by atoms with Crippen LogP contribution in [0, 0.1) is 18.3 Å². The van der Waals surface area contributed by atoms with Crippen molar-refractivity contribution < 1.29 is 13.9 Å². The van der Waals surface area contributed by atoms with Crippen molar-refractivity contribution in [2.45, 2.75) is 6.92 Å². The molecule has 0 radical (unpaired) electrons. The molecule has 1 N–H and O–H groups in total. The Balaban J connectivity index is 1.59. The summed E-state index contributed by atoms with van der Waals surface area (Å²) >= 11 is 0. The summed E-state index contributed by atoms with van der Waals surface area (Å²) in [5, 5.41) is 18.2. The number of aryl methyl sites for hydroxylation is 1. The number of rotatable bonds is 6. The number of nitrogens with one attached hydrogen (secondary N) is 1. The van der Waals surface area contributed by atoms with Gasteiger partial charge in [0, 0.05) is 22.8 Å². The predicted octanol–water partition coefficient (Wildman–Crippen LogP) is 6.15. The fourth-order valence-corrected chi connectivity index (χ4v) is 3.85. The second kappa shape index (κ2) is 9.65. The number of nitriles is 1. The minimum Gasteiger partial charge on any atom is -0.493 e. The van der Waals surface area contributed by atoms with Gasteiger partial charge in [-0.2, -0.15) is 10.4 Å². The Morgan fingerprint density at radius 3 is 2.58 bits per heavy atom. The van der Waals surface area contributed by atoms with Crippen LogP contribution in [0.3, 0.4) is 0 Å². The summed E-state index contributed by atoms with van der Waals surface area (Å²) in [7, 11) is 1.58. The van der Waals surface area contributed by atoms with Gasteiger partial charge in [-0.05, 0) is 49.4 Å². The number of para-hydroxylation sites is 2. The maximum absolute atomic E-state index is 12.9. The van der Waals surface area contributed by atoms with Gasteiger partial charge in [0.15, 0.2) is 17.1 Å². The van der Waals surface area contributed by atoms with E-state index < -0.39 is 5.91 Å². The molecule has 7 heteroatoms. The van der Waals surface area contributed by atoms with Crippen LogP contribution in [0.4, 0.5) is 5.69 Å². The van der Waals surface area contributed by atoms with Crippen LogP contribution in [0.5, 0.6) is 5.75 Å². The number of methoxy groups -OCH3 is 1. The van der Waals surface area contributed by atoms with Crippen LogP contribution in [0.15, 0.2) is 95.0 Å². The third kappa shape index (κ3) is 4.48. The minimum atomic E-state index is -0.508. The maximum atomic E-state index is 12.9. The normalized spacial score (nSPS) is 11.3. The van der Waals surface area contributed by atoms with Crippen LogP contribution in [-0.2, 0) is 4.79 Å². The van der Waals surface area contributed by atoms with Crippen molar-refractivity contribution in [2.75, 3.05) is 12.4 Å². The summed E-state index contributed by atoms with van der Waals surface area (Å²) in [6.45, 7) is 1.96. The van der Waals surface area contributed by atoms with Crippen LogP contribution in [0.1, 0.15) is 11.1 Å². The number of anilines is 1. The van der Waals surface area contributed by atoms with Gasteiger partial charge in [0.2, 0.25) is 0 Å². The van der Waals surface area contributed by atoms with Crippen molar-refractivity contribution in [3.8, 4) is 29.0 Å². The molecular weight excluding hydrogens is 452 g/mol. The number of aromatic nitrogens is 2. The molecule has 3 aromatic carbocycles. The van der Waals surface area contributed by atoms with Gasteiger partial charge >= 0.3 is 0 Å². The Labute approximate surface area is 207 Å². The van der Waals surface area contributed by atoms with Gasteiger partial charge in [-0.15, -0.1) is 0 Å². The van der Waals surface area contributed by atoms with E-state index in [1.54, 1.807) is 30.1 Å². The summed E-state index contributed by atoms with van der Waals surface area (Å²) < 4.78 is 13.3. The second-order valence-corrected chi connectivity index (χ2v) is 8.19. The average Bonchev–Trinajstić information content (AvgIpc) is 3.53. The van der Waals surface area contributed by atoms with Gasteiger partial charge in [0.05, 0.1) is 12.8 Å². The van der Waals surface area contributed by atoms with Crippen LogP contribution in [0.2, 0.25) is 0 Å². The fraction of sp³-hybridized carbons (Fsp3) is 0.0690. The van der Waals surface area contributed by atoms with E-state index in [2.05, 4.69) is 5.32 Å². The van der Waals surface area contributed by atoms with Gasteiger partial charge in [0.25, 0.3) is 5.91 Å². The van der Waals surface area contributed by atoms with E-state index >= 15 is 0 Å². The Hall–Kier alpha value is -5.09. The second-order valence-electron chi connectivity index (χ2n) is 8.19. The molecule has 7 nitrogen and oxygen atoms in total. The molecule has 5 rings (SSSR count). The molecule has 0 atom stereocenters. The molecule has 0 saturated carbocycles. The van der Waals surface area contributed by atoms with Gasteiger partial charge in [-0.25, -0.2) is 4.68 Å². The van der Waals surface area contributed by atoms with Crippen molar-refractivity contribution >= 4 is 28.6 Å². The van der Waals surface area contributed by atoms with E-state index in [1.165, 1.54) is 6.08 Å². The number of fused-ring (bicyclic) bond motifs is 1. The number of amides is 1. The molecule has 0 spiro atoms. The Morgan fingerprint density at radius 2 is 1.86 bits per heavy atom. The number of nitrogens with zero attached hydrogens (tertiary/aromatic N) is 3. The molecule has 176 valence electrons. The van der Waals surface area contributed by atoms with E-state index in [-0.39, 0.29) is 5.57 Å². The quantitative estimate of drug-likeness (QED) is 0.235. The largest absolute Gasteiger partial charge is 0.493 e. The van der Waals surface area contributed by atoms with Gasteiger partial charge in [-0.3, -0.25) is 4.79 Å². The number of carbonyl (C=O) groups is 1. The molecule has 0 unspecified atom stereocenters. The zero-order valence-corrected chi connectivity index (χ0v) is 19.7. The standard InChI is InChI=1S/C29H22N4O3/c1-19-11-13-23(14-12-19)31-29(34)21(17-30)15-22-18-33(24-8-4-3-5-9-24)32-27(22)26-16-20-7-6-10-25(35-2)28(20)36-26/h3-16,18H,1-2H3,(H,31,34)/b21-15-.